The summed E-state index contributed by atoms with van der Waals surface area (Å²) in [6.07, 6.45) is 10.9. The van der Waals surface area contributed by atoms with E-state index in [9.17, 15) is 4.79 Å². The summed E-state index contributed by atoms with van der Waals surface area (Å²) in [6.45, 7) is 3.88. The topological polar surface area (TPSA) is 32.8 Å². The minimum Gasteiger partial charge on any atom is -0.497 e. The van der Waals surface area contributed by atoms with E-state index < -0.39 is 0 Å². The molecule has 4 nitrogen and oxygen atoms in total. The summed E-state index contributed by atoms with van der Waals surface area (Å²) in [6, 6.07) is 8.60. The van der Waals surface area contributed by atoms with Gasteiger partial charge >= 0.3 is 0 Å². The van der Waals surface area contributed by atoms with Crippen molar-refractivity contribution in [3.05, 3.63) is 42.0 Å². The van der Waals surface area contributed by atoms with Crippen LogP contribution in [0.25, 0.3) is 0 Å². The number of benzene rings is 1. The largest absolute Gasteiger partial charge is 0.497 e. The molecule has 0 aromatic heterocycles. The van der Waals surface area contributed by atoms with Gasteiger partial charge in [-0.15, -0.1) is 0 Å². The number of ether oxygens (including phenoxy) is 1. The van der Waals surface area contributed by atoms with Crippen LogP contribution in [0.1, 0.15) is 37.7 Å². The zero-order valence-electron chi connectivity index (χ0n) is 15.3. The van der Waals surface area contributed by atoms with Crippen molar-refractivity contribution in [3.63, 3.8) is 0 Å². The summed E-state index contributed by atoms with van der Waals surface area (Å²) >= 11 is 0. The zero-order valence-corrected chi connectivity index (χ0v) is 15.3. The van der Waals surface area contributed by atoms with Crippen molar-refractivity contribution in [3.8, 4) is 5.75 Å². The number of rotatable bonds is 5. The van der Waals surface area contributed by atoms with Crippen LogP contribution in [0, 0.1) is 0 Å². The third kappa shape index (κ3) is 5.08. The predicted molar refractivity (Wildman–Crippen MR) is 101 cm³/mol. The molecule has 25 heavy (non-hydrogen) atoms. The Labute approximate surface area is 151 Å². The third-order valence-electron chi connectivity index (χ3n) is 5.37. The second-order valence-corrected chi connectivity index (χ2v) is 7.04. The lowest BCUT2D eigenvalue weighted by atomic mass is 10.0. The quantitative estimate of drug-likeness (QED) is 0.770. The Morgan fingerprint density at radius 2 is 1.96 bits per heavy atom. The van der Waals surface area contributed by atoms with Gasteiger partial charge in [-0.3, -0.25) is 9.69 Å². The summed E-state index contributed by atoms with van der Waals surface area (Å²) < 4.78 is 5.18. The highest BCUT2D eigenvalue weighted by Crippen LogP contribution is 2.19. The first-order valence-corrected chi connectivity index (χ1v) is 9.57. The maximum Gasteiger partial charge on any atom is 0.222 e. The molecule has 1 aromatic carbocycles. The van der Waals surface area contributed by atoms with E-state index >= 15 is 0 Å². The van der Waals surface area contributed by atoms with E-state index in [-0.39, 0.29) is 5.91 Å². The Kier molecular flexibility index (Phi) is 6.51. The number of nitrogens with zero attached hydrogens (tertiary/aromatic N) is 2. The van der Waals surface area contributed by atoms with Gasteiger partial charge in [0.15, 0.2) is 0 Å². The van der Waals surface area contributed by atoms with Crippen molar-refractivity contribution >= 4 is 5.91 Å². The molecule has 1 saturated heterocycles. The van der Waals surface area contributed by atoms with Gasteiger partial charge in [0.05, 0.1) is 7.11 Å². The zero-order chi connectivity index (χ0) is 17.5. The number of hydrogen-bond acceptors (Lipinski definition) is 3. The normalized spacial score (nSPS) is 21.8. The average Bonchev–Trinajstić information content (AvgIpc) is 2.93. The summed E-state index contributed by atoms with van der Waals surface area (Å²) in [5, 5.41) is 0. The minimum absolute atomic E-state index is 0.289. The highest BCUT2D eigenvalue weighted by Gasteiger charge is 2.23. The Bertz CT molecular complexity index is 582. The first-order valence-electron chi connectivity index (χ1n) is 9.57. The number of amides is 1. The lowest BCUT2D eigenvalue weighted by Gasteiger charge is -2.30. The average molecular weight is 342 g/mol. The molecule has 1 atom stereocenters. The van der Waals surface area contributed by atoms with E-state index in [1.165, 1.54) is 24.8 Å². The van der Waals surface area contributed by atoms with Crippen LogP contribution in [0.5, 0.6) is 5.75 Å². The summed E-state index contributed by atoms with van der Waals surface area (Å²) in [7, 11) is 1.67. The van der Waals surface area contributed by atoms with E-state index in [0.717, 1.165) is 44.8 Å². The van der Waals surface area contributed by atoms with Gasteiger partial charge in [-0.25, -0.2) is 0 Å². The molecule has 2 aliphatic rings. The number of carbonyl (C=O) groups is 1. The number of carbonyl (C=O) groups excluding carboxylic acids is 1. The van der Waals surface area contributed by atoms with Crippen LogP contribution in [0.15, 0.2) is 36.4 Å². The fourth-order valence-electron chi connectivity index (χ4n) is 3.82. The number of allylic oxidation sites excluding steroid dienone is 1. The van der Waals surface area contributed by atoms with E-state index in [1.54, 1.807) is 7.11 Å². The standard InChI is InChI=1S/C21H30N2O2/c1-25-20-11-8-18(9-12-20)10-13-21(24)23-15-5-14-22(16-17-23)19-6-3-2-4-7-19/h3,6,8-9,11-12,19H,2,4-5,7,10,13-17H2,1H3. The highest BCUT2D eigenvalue weighted by atomic mass is 16.5. The number of methoxy groups -OCH3 is 1. The third-order valence-corrected chi connectivity index (χ3v) is 5.37. The summed E-state index contributed by atoms with van der Waals surface area (Å²) in [4.78, 5) is 17.2. The molecule has 1 unspecified atom stereocenters. The second kappa shape index (κ2) is 9.04. The van der Waals surface area contributed by atoms with Gasteiger partial charge in [0.25, 0.3) is 0 Å². The van der Waals surface area contributed by atoms with Gasteiger partial charge in [0.2, 0.25) is 5.91 Å². The molecule has 0 bridgehead atoms. The molecular weight excluding hydrogens is 312 g/mol. The first kappa shape index (κ1) is 18.0. The lowest BCUT2D eigenvalue weighted by molar-refractivity contribution is -0.131. The SMILES string of the molecule is COc1ccc(CCC(=O)N2CCCN(C3C=CCCC3)CC2)cc1. The molecule has 0 N–H and O–H groups in total. The van der Waals surface area contributed by atoms with Crippen molar-refractivity contribution < 1.29 is 9.53 Å². The van der Waals surface area contributed by atoms with E-state index in [0.29, 0.717) is 12.5 Å². The van der Waals surface area contributed by atoms with Gasteiger partial charge in [-0.05, 0) is 49.8 Å². The Morgan fingerprint density at radius 1 is 1.12 bits per heavy atom. The molecule has 1 fully saturated rings. The first-order chi connectivity index (χ1) is 12.3. The van der Waals surface area contributed by atoms with Crippen LogP contribution in [-0.4, -0.2) is 55.0 Å². The molecule has 1 aliphatic carbocycles. The minimum atomic E-state index is 0.289. The Balaban J connectivity index is 1.47. The molecule has 0 radical (unpaired) electrons. The Hall–Kier alpha value is -1.81. The van der Waals surface area contributed by atoms with Crippen LogP contribution in [0.2, 0.25) is 0 Å². The molecule has 4 heteroatoms. The van der Waals surface area contributed by atoms with E-state index in [1.807, 2.05) is 24.3 Å². The molecule has 1 heterocycles. The van der Waals surface area contributed by atoms with Gasteiger partial charge in [0.1, 0.15) is 5.75 Å². The maximum absolute atomic E-state index is 12.6. The van der Waals surface area contributed by atoms with Crippen LogP contribution in [-0.2, 0) is 11.2 Å². The smallest absolute Gasteiger partial charge is 0.222 e. The second-order valence-electron chi connectivity index (χ2n) is 7.04. The van der Waals surface area contributed by atoms with Crippen LogP contribution < -0.4 is 4.74 Å². The maximum atomic E-state index is 12.6. The molecule has 136 valence electrons. The molecular formula is C21H30N2O2. The highest BCUT2D eigenvalue weighted by molar-refractivity contribution is 5.76. The number of hydrogen-bond donors (Lipinski definition) is 0. The fraction of sp³-hybridized carbons (Fsp3) is 0.571. The predicted octanol–water partition coefficient (Wildman–Crippen LogP) is 3.27. The molecule has 1 aliphatic heterocycles. The van der Waals surface area contributed by atoms with Crippen LogP contribution in [0.4, 0.5) is 0 Å². The van der Waals surface area contributed by atoms with Crippen molar-refractivity contribution in [2.75, 3.05) is 33.3 Å². The van der Waals surface area contributed by atoms with E-state index in [2.05, 4.69) is 22.0 Å². The van der Waals surface area contributed by atoms with Gasteiger partial charge < -0.3 is 9.64 Å². The molecule has 1 amide bonds. The van der Waals surface area contributed by atoms with Crippen molar-refractivity contribution in [2.45, 2.75) is 44.6 Å². The fourth-order valence-corrected chi connectivity index (χ4v) is 3.82. The monoisotopic (exact) mass is 342 g/mol. The molecule has 3 rings (SSSR count). The number of aryl methyl sites for hydroxylation is 1. The molecule has 0 spiro atoms. The molecule has 1 aromatic rings. The Morgan fingerprint density at radius 3 is 2.68 bits per heavy atom. The van der Waals surface area contributed by atoms with Gasteiger partial charge in [-0.1, -0.05) is 24.3 Å². The van der Waals surface area contributed by atoms with Crippen LogP contribution in [0.3, 0.4) is 0 Å². The van der Waals surface area contributed by atoms with Gasteiger partial charge in [0, 0.05) is 38.6 Å². The van der Waals surface area contributed by atoms with Crippen molar-refractivity contribution in [1.29, 1.82) is 0 Å². The van der Waals surface area contributed by atoms with Crippen molar-refractivity contribution in [1.82, 2.24) is 9.80 Å². The molecule has 0 saturated carbocycles. The van der Waals surface area contributed by atoms with Crippen LogP contribution >= 0.6 is 0 Å². The van der Waals surface area contributed by atoms with Crippen molar-refractivity contribution in [2.24, 2.45) is 0 Å². The lowest BCUT2D eigenvalue weighted by Crippen LogP contribution is -2.39. The van der Waals surface area contributed by atoms with Gasteiger partial charge in [-0.2, -0.15) is 0 Å². The summed E-state index contributed by atoms with van der Waals surface area (Å²) in [5.41, 5.74) is 1.19. The van der Waals surface area contributed by atoms with E-state index in [4.69, 9.17) is 4.74 Å². The summed E-state index contributed by atoms with van der Waals surface area (Å²) in [5.74, 6) is 1.15.